The molecule has 0 bridgehead atoms. The van der Waals surface area contributed by atoms with Gasteiger partial charge in [-0.1, -0.05) is 48.0 Å². The van der Waals surface area contributed by atoms with Crippen LogP contribution < -0.4 is 10.9 Å². The lowest BCUT2D eigenvalue weighted by atomic mass is 9.91. The van der Waals surface area contributed by atoms with Gasteiger partial charge in [0.25, 0.3) is 11.5 Å². The molecule has 0 unspecified atom stereocenters. The summed E-state index contributed by atoms with van der Waals surface area (Å²) < 4.78 is 38.7. The van der Waals surface area contributed by atoms with E-state index in [1.807, 2.05) is 0 Å². The van der Waals surface area contributed by atoms with E-state index in [4.69, 9.17) is 11.6 Å². The number of hydrogen-bond donors (Lipinski definition) is 3. The number of rotatable bonds is 5. The highest BCUT2D eigenvalue weighted by molar-refractivity contribution is 6.31. The second kappa shape index (κ2) is 8.52. The molecule has 0 aliphatic rings. The van der Waals surface area contributed by atoms with Crippen LogP contribution in [0.1, 0.15) is 28.5 Å². The Bertz CT molecular complexity index is 1170. The topological polar surface area (TPSA) is 95.1 Å². The van der Waals surface area contributed by atoms with E-state index in [1.165, 1.54) is 6.92 Å². The second-order valence-corrected chi connectivity index (χ2v) is 7.39. The van der Waals surface area contributed by atoms with Crippen molar-refractivity contribution in [2.45, 2.75) is 18.6 Å². The lowest BCUT2D eigenvalue weighted by molar-refractivity contribution is -0.137. The molecule has 0 saturated carbocycles. The number of nitrogens with one attached hydrogen (secondary N) is 2. The number of nitrogens with zero attached hydrogens (tertiary/aromatic N) is 1. The Morgan fingerprint density at radius 1 is 1.16 bits per heavy atom. The van der Waals surface area contributed by atoms with Gasteiger partial charge < -0.3 is 15.4 Å². The zero-order valence-corrected chi connectivity index (χ0v) is 16.9. The molecule has 1 heterocycles. The average molecular weight is 452 g/mol. The Hall–Kier alpha value is -3.17. The molecule has 1 atom stereocenters. The number of halogens is 4. The summed E-state index contributed by atoms with van der Waals surface area (Å²) in [4.78, 5) is 31.5. The first-order chi connectivity index (χ1) is 14.5. The molecular weight excluding hydrogens is 435 g/mol. The van der Waals surface area contributed by atoms with Crippen molar-refractivity contribution in [2.24, 2.45) is 0 Å². The Balaban J connectivity index is 1.94. The number of carbonyl (C=O) groups excluding carboxylic acids is 1. The Labute approximate surface area is 179 Å². The van der Waals surface area contributed by atoms with Crippen molar-refractivity contribution in [3.63, 3.8) is 0 Å². The van der Waals surface area contributed by atoms with Gasteiger partial charge in [0, 0.05) is 16.7 Å². The average Bonchev–Trinajstić information content (AvgIpc) is 2.73. The van der Waals surface area contributed by atoms with E-state index in [0.29, 0.717) is 5.56 Å². The molecule has 3 rings (SSSR count). The smallest absolute Gasteiger partial charge is 0.394 e. The third-order valence-corrected chi connectivity index (χ3v) is 4.93. The van der Waals surface area contributed by atoms with Crippen LogP contribution in [0.2, 0.25) is 5.02 Å². The van der Waals surface area contributed by atoms with Crippen LogP contribution in [0.5, 0.6) is 0 Å². The molecule has 0 radical (unpaired) electrons. The minimum absolute atomic E-state index is 0.0751. The van der Waals surface area contributed by atoms with Crippen molar-refractivity contribution in [1.29, 1.82) is 0 Å². The summed E-state index contributed by atoms with van der Waals surface area (Å²) in [6, 6.07) is 12.2. The zero-order valence-electron chi connectivity index (χ0n) is 16.1. The monoisotopic (exact) mass is 451 g/mol. The van der Waals surface area contributed by atoms with Crippen LogP contribution in [-0.4, -0.2) is 27.6 Å². The van der Waals surface area contributed by atoms with Crippen LogP contribution in [0.4, 0.5) is 13.2 Å². The lowest BCUT2D eigenvalue weighted by Crippen LogP contribution is -2.47. The van der Waals surface area contributed by atoms with Gasteiger partial charge in [0.15, 0.2) is 0 Å². The van der Waals surface area contributed by atoms with Crippen LogP contribution in [0.15, 0.2) is 59.4 Å². The Kier molecular flexibility index (Phi) is 6.19. The maximum absolute atomic E-state index is 12.9. The Morgan fingerprint density at radius 3 is 2.42 bits per heavy atom. The number of alkyl halides is 3. The Morgan fingerprint density at radius 2 is 1.84 bits per heavy atom. The fraction of sp³-hybridized carbons (Fsp3) is 0.190. The van der Waals surface area contributed by atoms with E-state index in [9.17, 15) is 27.9 Å². The number of aromatic amines is 1. The second-order valence-electron chi connectivity index (χ2n) is 6.98. The molecule has 162 valence electrons. The zero-order chi connectivity index (χ0) is 22.8. The van der Waals surface area contributed by atoms with E-state index in [0.717, 1.165) is 24.3 Å². The standard InChI is InChI=1S/C21H17ClF3N3O3/c1-20(11-29,14-8-7-13(9-15(14)22)21(23,24)25)28-19(31)16-10-17(30)27-18(26-16)12-5-3-2-4-6-12/h2-10,29H,11H2,1H3,(H,28,31)(H,26,27,30)/t20-/m1/s1. The van der Waals surface area contributed by atoms with Gasteiger partial charge in [-0.15, -0.1) is 0 Å². The number of aromatic nitrogens is 2. The minimum Gasteiger partial charge on any atom is -0.394 e. The van der Waals surface area contributed by atoms with E-state index in [2.05, 4.69) is 15.3 Å². The van der Waals surface area contributed by atoms with Crippen LogP contribution in [0.25, 0.3) is 11.4 Å². The molecule has 6 nitrogen and oxygen atoms in total. The van der Waals surface area contributed by atoms with Crippen molar-refractivity contribution < 1.29 is 23.1 Å². The van der Waals surface area contributed by atoms with Crippen LogP contribution in [0.3, 0.4) is 0 Å². The molecule has 10 heteroatoms. The quantitative estimate of drug-likeness (QED) is 0.550. The van der Waals surface area contributed by atoms with Gasteiger partial charge in [-0.3, -0.25) is 9.59 Å². The number of benzene rings is 2. The molecule has 31 heavy (non-hydrogen) atoms. The number of amides is 1. The van der Waals surface area contributed by atoms with Gasteiger partial charge >= 0.3 is 6.18 Å². The molecular formula is C21H17ClF3N3O3. The number of aliphatic hydroxyl groups excluding tert-OH is 1. The first kappa shape index (κ1) is 22.5. The van der Waals surface area contributed by atoms with Gasteiger partial charge in [0.05, 0.1) is 17.7 Å². The predicted octanol–water partition coefficient (Wildman–Crippen LogP) is 3.75. The van der Waals surface area contributed by atoms with E-state index >= 15 is 0 Å². The van der Waals surface area contributed by atoms with Crippen molar-refractivity contribution in [3.05, 3.63) is 86.8 Å². The van der Waals surface area contributed by atoms with Gasteiger partial charge in [-0.25, -0.2) is 4.98 Å². The molecule has 0 fully saturated rings. The first-order valence-corrected chi connectivity index (χ1v) is 9.39. The molecule has 0 aliphatic carbocycles. The molecule has 3 aromatic rings. The summed E-state index contributed by atoms with van der Waals surface area (Å²) >= 11 is 6.03. The van der Waals surface area contributed by atoms with Crippen molar-refractivity contribution in [2.75, 3.05) is 6.61 Å². The predicted molar refractivity (Wildman–Crippen MR) is 109 cm³/mol. The summed E-state index contributed by atoms with van der Waals surface area (Å²) in [6.07, 6.45) is -4.59. The fourth-order valence-corrected chi connectivity index (χ4v) is 3.34. The maximum Gasteiger partial charge on any atom is 0.416 e. The highest BCUT2D eigenvalue weighted by atomic mass is 35.5. The van der Waals surface area contributed by atoms with Crippen molar-refractivity contribution in [1.82, 2.24) is 15.3 Å². The van der Waals surface area contributed by atoms with Crippen LogP contribution in [0, 0.1) is 0 Å². The van der Waals surface area contributed by atoms with Gasteiger partial charge in [-0.05, 0) is 24.6 Å². The third kappa shape index (κ3) is 4.95. The summed E-state index contributed by atoms with van der Waals surface area (Å²) in [5.41, 5.74) is -2.65. The molecule has 0 spiro atoms. The van der Waals surface area contributed by atoms with Gasteiger partial charge in [0.2, 0.25) is 0 Å². The van der Waals surface area contributed by atoms with Crippen LogP contribution in [-0.2, 0) is 11.7 Å². The number of H-pyrrole nitrogens is 1. The number of hydrogen-bond acceptors (Lipinski definition) is 4. The molecule has 0 aliphatic heterocycles. The molecule has 2 aromatic carbocycles. The van der Waals surface area contributed by atoms with Crippen LogP contribution >= 0.6 is 11.6 Å². The largest absolute Gasteiger partial charge is 0.416 e. The van der Waals surface area contributed by atoms with E-state index in [-0.39, 0.29) is 22.1 Å². The lowest BCUT2D eigenvalue weighted by Gasteiger charge is -2.30. The number of carbonyl (C=O) groups is 1. The summed E-state index contributed by atoms with van der Waals surface area (Å²) in [5.74, 6) is -0.646. The van der Waals surface area contributed by atoms with E-state index in [1.54, 1.807) is 30.3 Å². The van der Waals surface area contributed by atoms with Crippen molar-refractivity contribution >= 4 is 17.5 Å². The summed E-state index contributed by atoms with van der Waals surface area (Å²) in [5, 5.41) is 12.1. The molecule has 3 N–H and O–H groups in total. The third-order valence-electron chi connectivity index (χ3n) is 4.62. The molecule has 1 amide bonds. The van der Waals surface area contributed by atoms with E-state index < -0.39 is 35.4 Å². The molecule has 0 saturated heterocycles. The van der Waals surface area contributed by atoms with Gasteiger partial charge in [0.1, 0.15) is 11.5 Å². The number of aliphatic hydroxyl groups is 1. The SMILES string of the molecule is C[C@](CO)(NC(=O)c1cc(=O)[nH]c(-c2ccccc2)n1)c1ccc(C(F)(F)F)cc1Cl. The maximum atomic E-state index is 12.9. The fourth-order valence-electron chi connectivity index (χ4n) is 2.95. The minimum atomic E-state index is -4.59. The molecule has 1 aromatic heterocycles. The van der Waals surface area contributed by atoms with Crippen molar-refractivity contribution in [3.8, 4) is 11.4 Å². The first-order valence-electron chi connectivity index (χ1n) is 9.01. The highest BCUT2D eigenvalue weighted by Crippen LogP contribution is 2.35. The van der Waals surface area contributed by atoms with Gasteiger partial charge in [-0.2, -0.15) is 13.2 Å². The normalized spacial score (nSPS) is 13.5. The summed E-state index contributed by atoms with van der Waals surface area (Å²) in [6.45, 7) is 0.725. The summed E-state index contributed by atoms with van der Waals surface area (Å²) in [7, 11) is 0. The highest BCUT2D eigenvalue weighted by Gasteiger charge is 2.35.